The molecule has 0 radical (unpaired) electrons. The van der Waals surface area contributed by atoms with Crippen molar-refractivity contribution in [2.24, 2.45) is 0 Å². The van der Waals surface area contributed by atoms with E-state index in [1.165, 1.54) is 26.2 Å². The lowest BCUT2D eigenvalue weighted by Crippen LogP contribution is -2.12. The van der Waals surface area contributed by atoms with Crippen LogP contribution < -0.4 is 19.5 Å². The Bertz CT molecular complexity index is 676. The molecule has 1 N–H and O–H groups in total. The van der Waals surface area contributed by atoms with E-state index < -0.39 is 0 Å². The lowest BCUT2D eigenvalue weighted by molar-refractivity contribution is 0.102. The molecule has 2 aromatic carbocycles. The van der Waals surface area contributed by atoms with Crippen molar-refractivity contribution >= 4 is 23.4 Å². The first kappa shape index (κ1) is 18.0. The molecule has 0 saturated carbocycles. The summed E-state index contributed by atoms with van der Waals surface area (Å²) in [5, 5.41) is 2.87. The molecule has 24 heavy (non-hydrogen) atoms. The molecule has 5 nitrogen and oxygen atoms in total. The minimum Gasteiger partial charge on any atom is -0.493 e. The molecular weight excluding hydrogens is 326 g/mol. The molecule has 128 valence electrons. The Morgan fingerprint density at radius 1 is 1.00 bits per heavy atom. The van der Waals surface area contributed by atoms with Crippen molar-refractivity contribution in [3.63, 3.8) is 0 Å². The van der Waals surface area contributed by atoms with Crippen LogP contribution in [0.25, 0.3) is 0 Å². The first-order valence-corrected chi connectivity index (χ1v) is 8.45. The van der Waals surface area contributed by atoms with Crippen LogP contribution >= 0.6 is 11.8 Å². The summed E-state index contributed by atoms with van der Waals surface area (Å²) in [6.45, 7) is 2.10. The minimum atomic E-state index is -0.245. The van der Waals surface area contributed by atoms with E-state index in [-0.39, 0.29) is 5.91 Å². The third-order valence-corrected chi connectivity index (χ3v) is 4.24. The number of rotatable bonds is 7. The van der Waals surface area contributed by atoms with Gasteiger partial charge in [-0.25, -0.2) is 0 Å². The molecule has 0 spiro atoms. The predicted octanol–water partition coefficient (Wildman–Crippen LogP) is 4.08. The highest BCUT2D eigenvalue weighted by Gasteiger charge is 2.17. The normalized spacial score (nSPS) is 10.2. The van der Waals surface area contributed by atoms with Gasteiger partial charge in [0.05, 0.1) is 21.3 Å². The van der Waals surface area contributed by atoms with Crippen LogP contribution in [0.3, 0.4) is 0 Å². The zero-order valence-electron chi connectivity index (χ0n) is 14.2. The van der Waals surface area contributed by atoms with Crippen LogP contribution in [0.1, 0.15) is 17.3 Å². The Kier molecular flexibility index (Phi) is 6.37. The highest BCUT2D eigenvalue weighted by Crippen LogP contribution is 2.38. The number of ether oxygens (including phenoxy) is 3. The van der Waals surface area contributed by atoms with Gasteiger partial charge in [0, 0.05) is 16.1 Å². The maximum atomic E-state index is 12.5. The molecular formula is C18H21NO4S. The summed E-state index contributed by atoms with van der Waals surface area (Å²) in [6.07, 6.45) is 0. The van der Waals surface area contributed by atoms with Crippen LogP contribution in [-0.4, -0.2) is 33.0 Å². The molecule has 0 bridgehead atoms. The van der Waals surface area contributed by atoms with Crippen LogP contribution in [0.5, 0.6) is 17.2 Å². The van der Waals surface area contributed by atoms with E-state index in [0.717, 1.165) is 11.4 Å². The van der Waals surface area contributed by atoms with Crippen molar-refractivity contribution in [1.29, 1.82) is 0 Å². The second-order valence-corrected chi connectivity index (χ2v) is 6.16. The van der Waals surface area contributed by atoms with Crippen LogP contribution in [0.2, 0.25) is 0 Å². The third kappa shape index (κ3) is 4.14. The molecule has 6 heteroatoms. The van der Waals surface area contributed by atoms with Gasteiger partial charge in [-0.3, -0.25) is 4.79 Å². The SMILES string of the molecule is CCSc1ccc(NC(=O)c2cc(OC)c(OC)c(OC)c2)cc1. The lowest BCUT2D eigenvalue weighted by Gasteiger charge is -2.14. The van der Waals surface area contributed by atoms with Gasteiger partial charge in [0.15, 0.2) is 11.5 Å². The van der Waals surface area contributed by atoms with Gasteiger partial charge in [0.2, 0.25) is 5.75 Å². The fourth-order valence-corrected chi connectivity index (χ4v) is 2.88. The van der Waals surface area contributed by atoms with Crippen molar-refractivity contribution in [2.45, 2.75) is 11.8 Å². The number of methoxy groups -OCH3 is 3. The van der Waals surface area contributed by atoms with Crippen molar-refractivity contribution in [2.75, 3.05) is 32.4 Å². The van der Waals surface area contributed by atoms with Gasteiger partial charge in [-0.1, -0.05) is 6.92 Å². The summed E-state index contributed by atoms with van der Waals surface area (Å²) in [6, 6.07) is 11.0. The van der Waals surface area contributed by atoms with Crippen LogP contribution in [0, 0.1) is 0 Å². The summed E-state index contributed by atoms with van der Waals surface area (Å²) >= 11 is 1.75. The van der Waals surface area contributed by atoms with Gasteiger partial charge in [0.25, 0.3) is 5.91 Å². The van der Waals surface area contributed by atoms with Gasteiger partial charge in [-0.2, -0.15) is 0 Å². The van der Waals surface area contributed by atoms with Crippen LogP contribution in [-0.2, 0) is 0 Å². The Balaban J connectivity index is 2.22. The smallest absolute Gasteiger partial charge is 0.255 e. The van der Waals surface area contributed by atoms with Gasteiger partial charge < -0.3 is 19.5 Å². The molecule has 1 amide bonds. The predicted molar refractivity (Wildman–Crippen MR) is 96.9 cm³/mol. The number of amides is 1. The molecule has 0 unspecified atom stereocenters. The standard InChI is InChI=1S/C18H21NO4S/c1-5-24-14-8-6-13(7-9-14)19-18(20)12-10-15(21-2)17(23-4)16(11-12)22-3/h6-11H,5H2,1-4H3,(H,19,20). The quantitative estimate of drug-likeness (QED) is 0.765. The largest absolute Gasteiger partial charge is 0.493 e. The Labute approximate surface area is 146 Å². The Morgan fingerprint density at radius 3 is 2.04 bits per heavy atom. The molecule has 0 aliphatic heterocycles. The number of thioether (sulfide) groups is 1. The van der Waals surface area contributed by atoms with Gasteiger partial charge >= 0.3 is 0 Å². The van der Waals surface area contributed by atoms with Gasteiger partial charge in [0.1, 0.15) is 0 Å². The molecule has 2 rings (SSSR count). The zero-order chi connectivity index (χ0) is 17.5. The van der Waals surface area contributed by atoms with E-state index in [2.05, 4.69) is 12.2 Å². The molecule has 0 atom stereocenters. The second-order valence-electron chi connectivity index (χ2n) is 4.83. The fraction of sp³-hybridized carbons (Fsp3) is 0.278. The number of carbonyl (C=O) groups is 1. The second kappa shape index (κ2) is 8.49. The number of nitrogens with one attached hydrogen (secondary N) is 1. The minimum absolute atomic E-state index is 0.245. The summed E-state index contributed by atoms with van der Waals surface area (Å²) in [4.78, 5) is 13.7. The summed E-state index contributed by atoms with van der Waals surface area (Å²) < 4.78 is 15.8. The molecule has 0 saturated heterocycles. The fourth-order valence-electron chi connectivity index (χ4n) is 2.22. The van der Waals surface area contributed by atoms with Crippen molar-refractivity contribution in [1.82, 2.24) is 0 Å². The summed E-state index contributed by atoms with van der Waals surface area (Å²) in [7, 11) is 4.56. The average Bonchev–Trinajstić information content (AvgIpc) is 2.62. The highest BCUT2D eigenvalue weighted by molar-refractivity contribution is 7.99. The van der Waals surface area contributed by atoms with E-state index >= 15 is 0 Å². The van der Waals surface area contributed by atoms with Gasteiger partial charge in [-0.15, -0.1) is 11.8 Å². The van der Waals surface area contributed by atoms with Crippen molar-refractivity contribution in [3.05, 3.63) is 42.0 Å². The highest BCUT2D eigenvalue weighted by atomic mass is 32.2. The van der Waals surface area contributed by atoms with Crippen molar-refractivity contribution in [3.8, 4) is 17.2 Å². The lowest BCUT2D eigenvalue weighted by atomic mass is 10.1. The summed E-state index contributed by atoms with van der Waals surface area (Å²) in [5.41, 5.74) is 1.16. The topological polar surface area (TPSA) is 56.8 Å². The number of hydrogen-bond donors (Lipinski definition) is 1. The van der Waals surface area contributed by atoms with E-state index in [0.29, 0.717) is 22.8 Å². The number of anilines is 1. The first-order chi connectivity index (χ1) is 11.6. The monoisotopic (exact) mass is 347 g/mol. The Hall–Kier alpha value is -2.34. The van der Waals surface area contributed by atoms with E-state index in [4.69, 9.17) is 14.2 Å². The molecule has 0 aromatic heterocycles. The zero-order valence-corrected chi connectivity index (χ0v) is 15.0. The maximum Gasteiger partial charge on any atom is 0.255 e. The maximum absolute atomic E-state index is 12.5. The molecule has 0 aliphatic rings. The van der Waals surface area contributed by atoms with E-state index in [9.17, 15) is 4.79 Å². The average molecular weight is 347 g/mol. The van der Waals surface area contributed by atoms with Crippen LogP contribution in [0.4, 0.5) is 5.69 Å². The third-order valence-electron chi connectivity index (χ3n) is 3.35. The molecule has 0 fully saturated rings. The number of benzene rings is 2. The van der Waals surface area contributed by atoms with Crippen molar-refractivity contribution < 1.29 is 19.0 Å². The summed E-state index contributed by atoms with van der Waals surface area (Å²) in [5.74, 6) is 2.10. The number of hydrogen-bond acceptors (Lipinski definition) is 5. The van der Waals surface area contributed by atoms with E-state index in [1.807, 2.05) is 24.3 Å². The van der Waals surface area contributed by atoms with Crippen LogP contribution in [0.15, 0.2) is 41.3 Å². The molecule has 0 aliphatic carbocycles. The Morgan fingerprint density at radius 2 is 1.58 bits per heavy atom. The first-order valence-electron chi connectivity index (χ1n) is 7.47. The van der Waals surface area contributed by atoms with Gasteiger partial charge in [-0.05, 0) is 42.2 Å². The van der Waals surface area contributed by atoms with E-state index in [1.54, 1.807) is 23.9 Å². The molecule has 0 heterocycles. The number of carbonyl (C=O) groups excluding carboxylic acids is 1. The molecule has 2 aromatic rings.